The van der Waals surface area contributed by atoms with Gasteiger partial charge in [-0.05, 0) is 25.2 Å². The molecule has 1 aliphatic rings. The zero-order chi connectivity index (χ0) is 25.1. The average Bonchev–Trinajstić information content (AvgIpc) is 2.76. The Morgan fingerprint density at radius 3 is 0.862 bits per heavy atom. The number of nitrogens with two attached hydrogens (primary N) is 1. The van der Waals surface area contributed by atoms with Crippen molar-refractivity contribution in [2.75, 3.05) is 0 Å². The van der Waals surface area contributed by atoms with E-state index in [1.165, 1.54) is 51.4 Å². The van der Waals surface area contributed by atoms with Gasteiger partial charge in [-0.25, -0.2) is 0 Å². The zero-order valence-corrected chi connectivity index (χ0v) is 23.8. The lowest BCUT2D eigenvalue weighted by Crippen LogP contribution is -2.11. The van der Waals surface area contributed by atoms with Gasteiger partial charge < -0.3 is 5.73 Å². The molecule has 1 unspecified atom stereocenters. The molecular formula is C28H67N. The lowest BCUT2D eigenvalue weighted by Gasteiger charge is -2.22. The molecule has 1 saturated carbocycles. The van der Waals surface area contributed by atoms with Gasteiger partial charge in [0.2, 0.25) is 0 Å². The number of hydrogen-bond acceptors (Lipinski definition) is 1. The van der Waals surface area contributed by atoms with Gasteiger partial charge >= 0.3 is 0 Å². The van der Waals surface area contributed by atoms with Crippen LogP contribution in [0.1, 0.15) is 155 Å². The van der Waals surface area contributed by atoms with E-state index in [9.17, 15) is 0 Å². The second-order valence-electron chi connectivity index (χ2n) is 7.16. The van der Waals surface area contributed by atoms with Crippen LogP contribution in [0.25, 0.3) is 0 Å². The summed E-state index contributed by atoms with van der Waals surface area (Å²) in [5.41, 5.74) is 5.29. The zero-order valence-electron chi connectivity index (χ0n) is 23.8. The van der Waals surface area contributed by atoms with Crippen molar-refractivity contribution in [1.82, 2.24) is 0 Å². The summed E-state index contributed by atoms with van der Waals surface area (Å²) in [6.45, 7) is 29.7. The number of rotatable bonds is 2. The highest BCUT2D eigenvalue weighted by Crippen LogP contribution is 2.27. The van der Waals surface area contributed by atoms with Crippen molar-refractivity contribution in [3.63, 3.8) is 0 Å². The van der Waals surface area contributed by atoms with Gasteiger partial charge in [0.25, 0.3) is 0 Å². The van der Waals surface area contributed by atoms with E-state index < -0.39 is 0 Å². The quantitative estimate of drug-likeness (QED) is 0.444. The first-order chi connectivity index (χ1) is 13.8. The van der Waals surface area contributed by atoms with Crippen molar-refractivity contribution in [3.8, 4) is 12.8 Å². The van der Waals surface area contributed by atoms with Crippen LogP contribution in [0.15, 0.2) is 0 Å². The van der Waals surface area contributed by atoms with Crippen LogP contribution < -0.4 is 5.73 Å². The molecule has 0 heterocycles. The van der Waals surface area contributed by atoms with E-state index in [0.717, 1.165) is 18.3 Å². The van der Waals surface area contributed by atoms with E-state index in [1.54, 1.807) is 0 Å². The van der Waals surface area contributed by atoms with Gasteiger partial charge in [-0.15, -0.1) is 12.8 Å². The van der Waals surface area contributed by atoms with Gasteiger partial charge in [0.15, 0.2) is 0 Å². The molecule has 0 radical (unpaired) electrons. The molecule has 1 fully saturated rings. The van der Waals surface area contributed by atoms with Crippen LogP contribution in [0.5, 0.6) is 0 Å². The third kappa shape index (κ3) is 114. The molecule has 0 aromatic heterocycles. The summed E-state index contributed by atoms with van der Waals surface area (Å²) in [6.07, 6.45) is 20.1. The largest absolute Gasteiger partial charge is 0.328 e. The fraction of sp³-hybridized carbons (Fsp3) is 0.929. The molecule has 0 bridgehead atoms. The Balaban J connectivity index is -0.0000000410. The van der Waals surface area contributed by atoms with Gasteiger partial charge in [0.05, 0.1) is 0 Å². The minimum absolute atomic E-state index is 0.384. The standard InChI is InChI=1S/C8H16.C4H11N.C4H10.2C3H8.2C2H6.C2H2/c1-7-3-5-8(2)6-4-7;1-3-4(2)5;1-3-4-2;2*1-3-2;3*1-2/h7-8H,3-6H2,1-2H3;4H,3,5H2,1-2H3;3-4H2,1-2H3;2*3H2,1-2H3;2*1-2H3;1-2H. The molecular weight excluding hydrogens is 350 g/mol. The van der Waals surface area contributed by atoms with Gasteiger partial charge in [0, 0.05) is 6.04 Å². The third-order valence-corrected chi connectivity index (χ3v) is 3.45. The van der Waals surface area contributed by atoms with Crippen molar-refractivity contribution in [3.05, 3.63) is 0 Å². The van der Waals surface area contributed by atoms with Crippen molar-refractivity contribution in [1.29, 1.82) is 0 Å². The Morgan fingerprint density at radius 2 is 0.793 bits per heavy atom. The lowest BCUT2D eigenvalue weighted by atomic mass is 9.84. The maximum absolute atomic E-state index is 5.29. The first-order valence-corrected chi connectivity index (χ1v) is 12.9. The van der Waals surface area contributed by atoms with Gasteiger partial charge in [0.1, 0.15) is 0 Å². The highest BCUT2D eigenvalue weighted by molar-refractivity contribution is 4.65. The molecule has 1 heteroatoms. The smallest absolute Gasteiger partial charge is 0.000781 e. The van der Waals surface area contributed by atoms with E-state index in [1.807, 2.05) is 34.6 Å². The molecule has 0 saturated heterocycles. The number of hydrogen-bond donors (Lipinski definition) is 1. The van der Waals surface area contributed by atoms with Gasteiger partial charge in [-0.2, -0.15) is 0 Å². The van der Waals surface area contributed by atoms with Crippen LogP contribution in [-0.4, -0.2) is 6.04 Å². The number of terminal acetylenes is 1. The summed E-state index contributed by atoms with van der Waals surface area (Å²) in [5.74, 6) is 2.04. The van der Waals surface area contributed by atoms with E-state index in [2.05, 4.69) is 75.2 Å². The third-order valence-electron chi connectivity index (χ3n) is 3.45. The van der Waals surface area contributed by atoms with Crippen LogP contribution in [-0.2, 0) is 0 Å². The second-order valence-corrected chi connectivity index (χ2v) is 7.16. The Labute approximate surface area is 191 Å². The molecule has 2 N–H and O–H groups in total. The predicted octanol–water partition coefficient (Wildman–Crippen LogP) is 10.5. The fourth-order valence-corrected chi connectivity index (χ4v) is 1.43. The molecule has 1 nitrogen and oxygen atoms in total. The molecule has 184 valence electrons. The summed E-state index contributed by atoms with van der Waals surface area (Å²) >= 11 is 0. The Hall–Kier alpha value is -0.480. The van der Waals surface area contributed by atoms with E-state index in [0.29, 0.717) is 6.04 Å². The van der Waals surface area contributed by atoms with Gasteiger partial charge in [-0.1, -0.05) is 141 Å². The van der Waals surface area contributed by atoms with Crippen LogP contribution in [0.3, 0.4) is 0 Å². The Bertz CT molecular complexity index is 162. The number of unbranched alkanes of at least 4 members (excludes halogenated alkanes) is 1. The van der Waals surface area contributed by atoms with Crippen molar-refractivity contribution in [2.45, 2.75) is 161 Å². The lowest BCUT2D eigenvalue weighted by molar-refractivity contribution is 0.308. The maximum atomic E-state index is 5.29. The van der Waals surface area contributed by atoms with E-state index in [-0.39, 0.29) is 0 Å². The summed E-state index contributed by atoms with van der Waals surface area (Å²) in [4.78, 5) is 0. The van der Waals surface area contributed by atoms with E-state index >= 15 is 0 Å². The molecule has 1 aliphatic carbocycles. The second kappa shape index (κ2) is 63.1. The van der Waals surface area contributed by atoms with E-state index in [4.69, 9.17) is 5.73 Å². The fourth-order valence-electron chi connectivity index (χ4n) is 1.43. The molecule has 0 amide bonds. The minimum Gasteiger partial charge on any atom is -0.328 e. The molecule has 0 aromatic rings. The van der Waals surface area contributed by atoms with Crippen LogP contribution >= 0.6 is 0 Å². The normalized spacial score (nSPS) is 16.3. The summed E-state index contributed by atoms with van der Waals surface area (Å²) in [5, 5.41) is 0. The van der Waals surface area contributed by atoms with Crippen LogP contribution in [0, 0.1) is 24.7 Å². The monoisotopic (exact) mass is 418 g/mol. The van der Waals surface area contributed by atoms with Crippen molar-refractivity contribution in [2.24, 2.45) is 17.6 Å². The predicted molar refractivity (Wildman–Crippen MR) is 146 cm³/mol. The molecule has 29 heavy (non-hydrogen) atoms. The molecule has 1 rings (SSSR count). The molecule has 1 atom stereocenters. The van der Waals surface area contributed by atoms with Crippen LogP contribution in [0.2, 0.25) is 0 Å². The van der Waals surface area contributed by atoms with Crippen molar-refractivity contribution < 1.29 is 0 Å². The average molecular weight is 418 g/mol. The SMILES string of the molecule is C#C.CC.CC.CC1CCC(C)CC1.CCC.CCC.CCC(C)N.CCCC. The summed E-state index contributed by atoms with van der Waals surface area (Å²) in [6, 6.07) is 0.384. The molecule has 0 aromatic carbocycles. The van der Waals surface area contributed by atoms with Crippen molar-refractivity contribution >= 4 is 0 Å². The molecule has 0 aliphatic heterocycles. The summed E-state index contributed by atoms with van der Waals surface area (Å²) in [7, 11) is 0. The Morgan fingerprint density at radius 1 is 0.655 bits per heavy atom. The summed E-state index contributed by atoms with van der Waals surface area (Å²) < 4.78 is 0. The topological polar surface area (TPSA) is 26.0 Å². The van der Waals surface area contributed by atoms with Gasteiger partial charge in [-0.3, -0.25) is 0 Å². The first kappa shape index (κ1) is 46.6. The van der Waals surface area contributed by atoms with Crippen LogP contribution in [0.4, 0.5) is 0 Å². The highest BCUT2D eigenvalue weighted by Gasteiger charge is 2.13. The maximum Gasteiger partial charge on any atom is 0.000781 e. The Kier molecular flexibility index (Phi) is 101. The minimum atomic E-state index is 0.384. The molecule has 0 spiro atoms. The first-order valence-electron chi connectivity index (χ1n) is 12.9. The highest BCUT2D eigenvalue weighted by atomic mass is 14.6.